The minimum Gasteiger partial charge on any atom is -0.497 e. The SMILES string of the molecule is COc1ccc(Br)c(C(=O)Nc2ccc(CC(=O)NC3CC3)cc2)c1. The van der Waals surface area contributed by atoms with Crippen LogP contribution < -0.4 is 15.4 Å². The summed E-state index contributed by atoms with van der Waals surface area (Å²) >= 11 is 3.38. The largest absolute Gasteiger partial charge is 0.497 e. The van der Waals surface area contributed by atoms with Gasteiger partial charge in [0, 0.05) is 16.2 Å². The number of nitrogens with one attached hydrogen (secondary N) is 2. The van der Waals surface area contributed by atoms with Crippen molar-refractivity contribution in [2.45, 2.75) is 25.3 Å². The van der Waals surface area contributed by atoms with Crippen molar-refractivity contribution in [3.05, 3.63) is 58.1 Å². The van der Waals surface area contributed by atoms with Crippen LogP contribution in [0, 0.1) is 0 Å². The van der Waals surface area contributed by atoms with Gasteiger partial charge in [0.25, 0.3) is 5.91 Å². The van der Waals surface area contributed by atoms with Crippen molar-refractivity contribution >= 4 is 33.4 Å². The molecule has 0 heterocycles. The van der Waals surface area contributed by atoms with E-state index in [1.54, 1.807) is 37.4 Å². The Morgan fingerprint density at radius 3 is 2.52 bits per heavy atom. The molecule has 3 rings (SSSR count). The molecule has 0 aliphatic heterocycles. The van der Waals surface area contributed by atoms with Crippen LogP contribution in [0.3, 0.4) is 0 Å². The molecule has 0 unspecified atom stereocenters. The van der Waals surface area contributed by atoms with Gasteiger partial charge in [-0.2, -0.15) is 0 Å². The lowest BCUT2D eigenvalue weighted by Crippen LogP contribution is -2.26. The van der Waals surface area contributed by atoms with Crippen molar-refractivity contribution in [3.63, 3.8) is 0 Å². The molecule has 5 nitrogen and oxygen atoms in total. The lowest BCUT2D eigenvalue weighted by atomic mass is 10.1. The number of carbonyl (C=O) groups excluding carboxylic acids is 2. The lowest BCUT2D eigenvalue weighted by molar-refractivity contribution is -0.120. The maximum absolute atomic E-state index is 12.4. The first-order chi connectivity index (χ1) is 12.0. The average molecular weight is 403 g/mol. The van der Waals surface area contributed by atoms with Crippen molar-refractivity contribution in [1.29, 1.82) is 0 Å². The van der Waals surface area contributed by atoms with Crippen molar-refractivity contribution < 1.29 is 14.3 Å². The van der Waals surface area contributed by atoms with E-state index in [4.69, 9.17) is 4.74 Å². The Morgan fingerprint density at radius 1 is 1.16 bits per heavy atom. The smallest absolute Gasteiger partial charge is 0.256 e. The number of methoxy groups -OCH3 is 1. The Bertz CT molecular complexity index is 786. The molecule has 0 atom stereocenters. The second kappa shape index (κ2) is 7.70. The van der Waals surface area contributed by atoms with Gasteiger partial charge in [-0.3, -0.25) is 9.59 Å². The van der Waals surface area contributed by atoms with Crippen molar-refractivity contribution in [2.75, 3.05) is 12.4 Å². The highest BCUT2D eigenvalue weighted by atomic mass is 79.9. The molecule has 0 bridgehead atoms. The van der Waals surface area contributed by atoms with Crippen molar-refractivity contribution in [3.8, 4) is 5.75 Å². The summed E-state index contributed by atoms with van der Waals surface area (Å²) in [5.74, 6) is 0.426. The second-order valence-corrected chi connectivity index (χ2v) is 6.87. The van der Waals surface area contributed by atoms with Gasteiger partial charge in [-0.25, -0.2) is 0 Å². The molecule has 0 radical (unpaired) electrons. The van der Waals surface area contributed by atoms with Crippen LogP contribution in [-0.2, 0) is 11.2 Å². The highest BCUT2D eigenvalue weighted by Gasteiger charge is 2.23. The van der Waals surface area contributed by atoms with Crippen LogP contribution in [-0.4, -0.2) is 25.0 Å². The molecule has 2 N–H and O–H groups in total. The number of hydrogen-bond acceptors (Lipinski definition) is 3. The van der Waals surface area contributed by atoms with E-state index in [1.165, 1.54) is 0 Å². The fourth-order valence-corrected chi connectivity index (χ4v) is 2.83. The number of benzene rings is 2. The number of hydrogen-bond donors (Lipinski definition) is 2. The lowest BCUT2D eigenvalue weighted by Gasteiger charge is -2.09. The second-order valence-electron chi connectivity index (χ2n) is 6.02. The molecule has 0 spiro atoms. The van der Waals surface area contributed by atoms with E-state index in [2.05, 4.69) is 26.6 Å². The maximum Gasteiger partial charge on any atom is 0.256 e. The fourth-order valence-electron chi connectivity index (χ4n) is 2.40. The molecule has 2 amide bonds. The van der Waals surface area contributed by atoms with Crippen LogP contribution in [0.25, 0.3) is 0 Å². The molecular weight excluding hydrogens is 384 g/mol. The van der Waals surface area contributed by atoms with Crippen LogP contribution in [0.4, 0.5) is 5.69 Å². The Hall–Kier alpha value is -2.34. The Morgan fingerprint density at radius 2 is 1.88 bits per heavy atom. The standard InChI is InChI=1S/C19H19BrN2O3/c1-25-15-8-9-17(20)16(11-15)19(24)22-14-4-2-12(3-5-14)10-18(23)21-13-6-7-13/h2-5,8-9,11,13H,6-7,10H2,1H3,(H,21,23)(H,22,24). The Kier molecular flexibility index (Phi) is 5.38. The zero-order valence-electron chi connectivity index (χ0n) is 13.8. The Balaban J connectivity index is 1.62. The van der Waals surface area contributed by atoms with E-state index in [9.17, 15) is 9.59 Å². The molecule has 6 heteroatoms. The van der Waals surface area contributed by atoms with Gasteiger partial charge in [0.15, 0.2) is 0 Å². The molecule has 0 saturated heterocycles. The Labute approximate surface area is 154 Å². The van der Waals surface area contributed by atoms with Crippen LogP contribution in [0.2, 0.25) is 0 Å². The van der Waals surface area contributed by atoms with Crippen molar-refractivity contribution in [2.24, 2.45) is 0 Å². The molecule has 2 aromatic rings. The maximum atomic E-state index is 12.4. The predicted octanol–water partition coefficient (Wildman–Crippen LogP) is 3.53. The average Bonchev–Trinajstić information content (AvgIpc) is 3.41. The monoisotopic (exact) mass is 402 g/mol. The highest BCUT2D eigenvalue weighted by Crippen LogP contribution is 2.24. The van der Waals surface area contributed by atoms with Crippen LogP contribution in [0.15, 0.2) is 46.9 Å². The van der Waals surface area contributed by atoms with E-state index in [1.807, 2.05) is 12.1 Å². The third-order valence-corrected chi connectivity index (χ3v) is 4.63. The molecule has 1 saturated carbocycles. The summed E-state index contributed by atoms with van der Waals surface area (Å²) in [7, 11) is 1.56. The quantitative estimate of drug-likeness (QED) is 0.776. The predicted molar refractivity (Wildman–Crippen MR) is 100.0 cm³/mol. The summed E-state index contributed by atoms with van der Waals surface area (Å²) in [5, 5.41) is 5.81. The van der Waals surface area contributed by atoms with E-state index in [0.29, 0.717) is 33.9 Å². The number of halogens is 1. The molecule has 1 aliphatic carbocycles. The van der Waals surface area contributed by atoms with Gasteiger partial charge in [-0.05, 0) is 64.7 Å². The zero-order chi connectivity index (χ0) is 17.8. The number of ether oxygens (including phenoxy) is 1. The summed E-state index contributed by atoms with van der Waals surface area (Å²) in [6.45, 7) is 0. The summed E-state index contributed by atoms with van der Waals surface area (Å²) in [5.41, 5.74) is 2.08. The van der Waals surface area contributed by atoms with Crippen LogP contribution in [0.5, 0.6) is 5.75 Å². The normalized spacial score (nSPS) is 13.2. The molecule has 1 fully saturated rings. The molecule has 1 aliphatic rings. The van der Waals surface area contributed by atoms with E-state index in [-0.39, 0.29) is 11.8 Å². The van der Waals surface area contributed by atoms with Crippen LogP contribution in [0.1, 0.15) is 28.8 Å². The molecule has 2 aromatic carbocycles. The number of amides is 2. The zero-order valence-corrected chi connectivity index (χ0v) is 15.4. The van der Waals surface area contributed by atoms with E-state index in [0.717, 1.165) is 18.4 Å². The molecular formula is C19H19BrN2O3. The first-order valence-corrected chi connectivity index (χ1v) is 8.87. The van der Waals surface area contributed by atoms with Gasteiger partial charge >= 0.3 is 0 Å². The molecule has 130 valence electrons. The number of carbonyl (C=O) groups is 2. The number of anilines is 1. The molecule has 0 aromatic heterocycles. The van der Waals surface area contributed by atoms with E-state index >= 15 is 0 Å². The van der Waals surface area contributed by atoms with Gasteiger partial charge in [-0.1, -0.05) is 12.1 Å². The van der Waals surface area contributed by atoms with Gasteiger partial charge in [0.2, 0.25) is 5.91 Å². The van der Waals surface area contributed by atoms with Gasteiger partial charge in [-0.15, -0.1) is 0 Å². The number of rotatable bonds is 6. The van der Waals surface area contributed by atoms with Gasteiger partial charge < -0.3 is 15.4 Å². The summed E-state index contributed by atoms with van der Waals surface area (Å²) in [6.07, 6.45) is 2.51. The summed E-state index contributed by atoms with van der Waals surface area (Å²) in [4.78, 5) is 24.2. The fraction of sp³-hybridized carbons (Fsp3) is 0.263. The van der Waals surface area contributed by atoms with Crippen LogP contribution >= 0.6 is 15.9 Å². The first kappa shape index (κ1) is 17.5. The highest BCUT2D eigenvalue weighted by molar-refractivity contribution is 9.10. The molecule has 25 heavy (non-hydrogen) atoms. The summed E-state index contributed by atoms with van der Waals surface area (Å²) < 4.78 is 5.85. The van der Waals surface area contributed by atoms with Gasteiger partial charge in [0.05, 0.1) is 19.1 Å². The third kappa shape index (κ3) is 4.82. The minimum absolute atomic E-state index is 0.0413. The summed E-state index contributed by atoms with van der Waals surface area (Å²) in [6, 6.07) is 12.9. The van der Waals surface area contributed by atoms with Crippen molar-refractivity contribution in [1.82, 2.24) is 5.32 Å². The first-order valence-electron chi connectivity index (χ1n) is 8.08. The minimum atomic E-state index is -0.231. The van der Waals surface area contributed by atoms with E-state index < -0.39 is 0 Å². The van der Waals surface area contributed by atoms with Gasteiger partial charge in [0.1, 0.15) is 5.75 Å². The third-order valence-electron chi connectivity index (χ3n) is 3.94. The topological polar surface area (TPSA) is 67.4 Å².